The topological polar surface area (TPSA) is 0 Å². The molecule has 1 aliphatic carbocycles. The zero-order valence-electron chi connectivity index (χ0n) is 8.24. The SMILES string of the molecule is CCCCC1=CC(C)=CC1.[Cl-].[Cl-].[Hf+2]. The molecule has 0 unspecified atom stereocenters. The Bertz CT molecular complexity index is 174. The standard InChI is InChI=1S/C10H16.2ClH.Hf/c1-3-4-5-10-7-6-9(2)8-10;;;/h6,8H,3-5,7H2,1-2H3;2*1H;/q;;;+2/p-2. The van der Waals surface area contributed by atoms with Gasteiger partial charge in [-0.25, -0.2) is 0 Å². The van der Waals surface area contributed by atoms with Crippen LogP contribution in [0.15, 0.2) is 23.3 Å². The van der Waals surface area contributed by atoms with Crippen LogP contribution >= 0.6 is 0 Å². The number of allylic oxidation sites excluding steroid dienone is 4. The largest absolute Gasteiger partial charge is 2.00 e. The first-order chi connectivity index (χ1) is 4.83. The van der Waals surface area contributed by atoms with Crippen molar-refractivity contribution >= 4 is 0 Å². The Morgan fingerprint density at radius 1 is 1.31 bits per heavy atom. The molecular weight excluding hydrogens is 370 g/mol. The van der Waals surface area contributed by atoms with Crippen molar-refractivity contribution in [1.82, 2.24) is 0 Å². The molecular formula is C10H16Cl2Hf. The van der Waals surface area contributed by atoms with Gasteiger partial charge in [-0.05, 0) is 26.2 Å². The molecule has 0 N–H and O–H groups in total. The zero-order valence-corrected chi connectivity index (χ0v) is 13.3. The van der Waals surface area contributed by atoms with E-state index in [1.165, 1.54) is 31.3 Å². The molecule has 0 saturated carbocycles. The molecule has 0 saturated heterocycles. The molecule has 0 nitrogen and oxygen atoms in total. The van der Waals surface area contributed by atoms with E-state index in [4.69, 9.17) is 0 Å². The van der Waals surface area contributed by atoms with Crippen LogP contribution < -0.4 is 24.8 Å². The molecule has 0 atom stereocenters. The first kappa shape index (κ1) is 19.5. The summed E-state index contributed by atoms with van der Waals surface area (Å²) in [6.45, 7) is 4.43. The Morgan fingerprint density at radius 3 is 2.31 bits per heavy atom. The number of hydrogen-bond donors (Lipinski definition) is 0. The van der Waals surface area contributed by atoms with E-state index in [2.05, 4.69) is 26.0 Å². The van der Waals surface area contributed by atoms with Crippen LogP contribution in [0.2, 0.25) is 0 Å². The van der Waals surface area contributed by atoms with Crippen LogP contribution in [-0.4, -0.2) is 0 Å². The number of halogens is 2. The van der Waals surface area contributed by atoms with Crippen LogP contribution in [0.1, 0.15) is 39.5 Å². The molecule has 0 heterocycles. The van der Waals surface area contributed by atoms with Gasteiger partial charge in [-0.1, -0.05) is 36.6 Å². The zero-order chi connectivity index (χ0) is 7.40. The van der Waals surface area contributed by atoms with Gasteiger partial charge in [-0.2, -0.15) is 0 Å². The van der Waals surface area contributed by atoms with E-state index in [1.807, 2.05) is 0 Å². The van der Waals surface area contributed by atoms with E-state index < -0.39 is 0 Å². The van der Waals surface area contributed by atoms with Crippen molar-refractivity contribution in [3.63, 3.8) is 0 Å². The number of hydrogen-bond acceptors (Lipinski definition) is 0. The molecule has 0 bridgehead atoms. The molecule has 0 radical (unpaired) electrons. The van der Waals surface area contributed by atoms with E-state index in [0.29, 0.717) is 0 Å². The van der Waals surface area contributed by atoms with Gasteiger partial charge in [0.1, 0.15) is 0 Å². The van der Waals surface area contributed by atoms with Crippen LogP contribution in [0, 0.1) is 0 Å². The van der Waals surface area contributed by atoms with Crippen molar-refractivity contribution in [3.05, 3.63) is 23.3 Å². The van der Waals surface area contributed by atoms with E-state index in [0.717, 1.165) is 0 Å². The molecule has 0 fully saturated rings. The first-order valence-electron chi connectivity index (χ1n) is 4.19. The van der Waals surface area contributed by atoms with Crippen LogP contribution in [0.25, 0.3) is 0 Å². The van der Waals surface area contributed by atoms with Gasteiger partial charge < -0.3 is 24.8 Å². The van der Waals surface area contributed by atoms with Crippen molar-refractivity contribution in [3.8, 4) is 0 Å². The number of rotatable bonds is 3. The minimum atomic E-state index is 0. The average Bonchev–Trinajstić information content (AvgIpc) is 2.31. The van der Waals surface area contributed by atoms with Crippen molar-refractivity contribution in [2.75, 3.05) is 0 Å². The Labute approximate surface area is 113 Å². The predicted octanol–water partition coefficient (Wildman–Crippen LogP) is -2.54. The van der Waals surface area contributed by atoms with E-state index >= 15 is 0 Å². The van der Waals surface area contributed by atoms with Gasteiger partial charge in [0.15, 0.2) is 0 Å². The van der Waals surface area contributed by atoms with Crippen molar-refractivity contribution in [2.24, 2.45) is 0 Å². The summed E-state index contributed by atoms with van der Waals surface area (Å²) >= 11 is 0. The van der Waals surface area contributed by atoms with Gasteiger partial charge in [-0.15, -0.1) is 0 Å². The van der Waals surface area contributed by atoms with Crippen LogP contribution in [0.3, 0.4) is 0 Å². The Hall–Kier alpha value is 0.930. The van der Waals surface area contributed by atoms with Gasteiger partial charge in [0, 0.05) is 0 Å². The molecule has 3 heteroatoms. The number of unbranched alkanes of at least 4 members (excludes halogenated alkanes) is 1. The van der Waals surface area contributed by atoms with Crippen molar-refractivity contribution in [2.45, 2.75) is 39.5 Å². The second kappa shape index (κ2) is 11.0. The fraction of sp³-hybridized carbons (Fsp3) is 0.600. The summed E-state index contributed by atoms with van der Waals surface area (Å²) in [5.74, 6) is 0. The summed E-state index contributed by atoms with van der Waals surface area (Å²) in [6, 6.07) is 0. The average molecular weight is 386 g/mol. The molecule has 1 aliphatic rings. The normalized spacial score (nSPS) is 13.1. The maximum Gasteiger partial charge on any atom is 2.00 e. The molecule has 0 aromatic rings. The minimum Gasteiger partial charge on any atom is -1.00 e. The molecule has 0 aromatic carbocycles. The summed E-state index contributed by atoms with van der Waals surface area (Å²) in [7, 11) is 0. The Kier molecular flexibility index (Phi) is 16.5. The van der Waals surface area contributed by atoms with E-state index in [-0.39, 0.29) is 50.7 Å². The molecule has 0 spiro atoms. The van der Waals surface area contributed by atoms with Crippen LogP contribution in [-0.2, 0) is 25.8 Å². The summed E-state index contributed by atoms with van der Waals surface area (Å²) in [4.78, 5) is 0. The molecule has 13 heavy (non-hydrogen) atoms. The maximum absolute atomic E-state index is 2.33. The molecule has 0 aromatic heterocycles. The summed E-state index contributed by atoms with van der Waals surface area (Å²) < 4.78 is 0. The van der Waals surface area contributed by atoms with Gasteiger partial charge in [-0.3, -0.25) is 0 Å². The molecule has 1 rings (SSSR count). The fourth-order valence-corrected chi connectivity index (χ4v) is 1.31. The van der Waals surface area contributed by atoms with Gasteiger partial charge in [0.25, 0.3) is 0 Å². The maximum atomic E-state index is 2.33. The first-order valence-corrected chi connectivity index (χ1v) is 4.19. The Balaban J connectivity index is -0.000000333. The summed E-state index contributed by atoms with van der Waals surface area (Å²) in [6.07, 6.45) is 9.83. The quantitative estimate of drug-likeness (QED) is 0.470. The van der Waals surface area contributed by atoms with Gasteiger partial charge >= 0.3 is 25.8 Å². The third kappa shape index (κ3) is 7.96. The van der Waals surface area contributed by atoms with E-state index in [1.54, 1.807) is 5.57 Å². The summed E-state index contributed by atoms with van der Waals surface area (Å²) in [5, 5.41) is 0. The monoisotopic (exact) mass is 386 g/mol. The van der Waals surface area contributed by atoms with Crippen LogP contribution in [0.4, 0.5) is 0 Å². The fourth-order valence-electron chi connectivity index (χ4n) is 1.31. The summed E-state index contributed by atoms with van der Waals surface area (Å²) in [5.41, 5.74) is 3.07. The second-order valence-corrected chi connectivity index (χ2v) is 3.06. The predicted molar refractivity (Wildman–Crippen MR) is 46.0 cm³/mol. The smallest absolute Gasteiger partial charge is 1.00 e. The second-order valence-electron chi connectivity index (χ2n) is 3.06. The van der Waals surface area contributed by atoms with E-state index in [9.17, 15) is 0 Å². The molecule has 0 amide bonds. The third-order valence-corrected chi connectivity index (χ3v) is 1.97. The van der Waals surface area contributed by atoms with Gasteiger partial charge in [0.05, 0.1) is 0 Å². The minimum absolute atomic E-state index is 0. The molecule has 0 aliphatic heterocycles. The van der Waals surface area contributed by atoms with Crippen molar-refractivity contribution in [1.29, 1.82) is 0 Å². The van der Waals surface area contributed by atoms with Gasteiger partial charge in [0.2, 0.25) is 0 Å². The van der Waals surface area contributed by atoms with Crippen LogP contribution in [0.5, 0.6) is 0 Å². The Morgan fingerprint density at radius 2 is 1.92 bits per heavy atom. The third-order valence-electron chi connectivity index (χ3n) is 1.97. The molecule has 74 valence electrons. The van der Waals surface area contributed by atoms with Crippen molar-refractivity contribution < 1.29 is 50.7 Å².